The molecule has 6 atom stereocenters. The molecule has 0 radical (unpaired) electrons. The first-order valence-corrected chi connectivity index (χ1v) is 10.7. The van der Waals surface area contributed by atoms with Gasteiger partial charge in [-0.2, -0.15) is 0 Å². The molecule has 2 aromatic carbocycles. The normalized spacial score (nSPS) is 29.1. The van der Waals surface area contributed by atoms with Crippen LogP contribution in [0.1, 0.15) is 24.3 Å². The predicted molar refractivity (Wildman–Crippen MR) is 115 cm³/mol. The number of hydrogen-bond donors (Lipinski definition) is 2. The Bertz CT molecular complexity index is 925. The highest BCUT2D eigenvalue weighted by molar-refractivity contribution is 5.73. The number of aliphatic carboxylic acids is 1. The third kappa shape index (κ3) is 5.95. The molecule has 0 aliphatic carbocycles. The molecule has 0 unspecified atom stereocenters. The van der Waals surface area contributed by atoms with Crippen molar-refractivity contribution in [1.82, 2.24) is 5.32 Å². The maximum absolute atomic E-state index is 12.0. The number of carboxylic acid groups (broad SMARTS) is 1. The standard InChI is InChI=1S/C24H27NO8/c1-15(26)25-20-22(29-14-19(27)28)21-18(13-31-23(33-21)17-10-6-3-7-11-17)32-24(20)30-12-16-8-4-2-5-9-16/h2-11,18,20-24H,12-14H2,1H3,(H,25,26)(H,27,28)/t18-,20-,21-,22-,23+,24+/m1/s1. The summed E-state index contributed by atoms with van der Waals surface area (Å²) in [4.78, 5) is 23.3. The van der Waals surface area contributed by atoms with Crippen molar-refractivity contribution in [1.29, 1.82) is 0 Å². The lowest BCUT2D eigenvalue weighted by atomic mass is 9.95. The van der Waals surface area contributed by atoms with Crippen LogP contribution in [-0.2, 0) is 39.9 Å². The minimum absolute atomic E-state index is 0.190. The van der Waals surface area contributed by atoms with Gasteiger partial charge < -0.3 is 34.1 Å². The molecule has 2 aliphatic rings. The number of benzene rings is 2. The van der Waals surface area contributed by atoms with Gasteiger partial charge in [0.2, 0.25) is 5.91 Å². The molecule has 0 aromatic heterocycles. The van der Waals surface area contributed by atoms with Crippen LogP contribution in [0.25, 0.3) is 0 Å². The van der Waals surface area contributed by atoms with E-state index in [2.05, 4.69) is 5.32 Å². The van der Waals surface area contributed by atoms with Gasteiger partial charge in [0, 0.05) is 12.5 Å². The molecule has 4 rings (SSSR count). The summed E-state index contributed by atoms with van der Waals surface area (Å²) >= 11 is 0. The lowest BCUT2D eigenvalue weighted by Gasteiger charge is -2.49. The Kier molecular flexibility index (Phi) is 7.69. The topological polar surface area (TPSA) is 113 Å². The third-order valence-corrected chi connectivity index (χ3v) is 5.44. The molecule has 9 heteroatoms. The van der Waals surface area contributed by atoms with Gasteiger partial charge in [-0.3, -0.25) is 4.79 Å². The van der Waals surface area contributed by atoms with Crippen LogP contribution in [-0.4, -0.2) is 60.8 Å². The Labute approximate surface area is 191 Å². The molecule has 9 nitrogen and oxygen atoms in total. The third-order valence-electron chi connectivity index (χ3n) is 5.44. The second-order valence-corrected chi connectivity index (χ2v) is 7.91. The van der Waals surface area contributed by atoms with Crippen LogP contribution in [0, 0.1) is 0 Å². The second-order valence-electron chi connectivity index (χ2n) is 7.91. The molecular weight excluding hydrogens is 430 g/mol. The second kappa shape index (κ2) is 10.9. The van der Waals surface area contributed by atoms with E-state index in [1.165, 1.54) is 6.92 Å². The number of carboxylic acids is 1. The highest BCUT2D eigenvalue weighted by Gasteiger charge is 2.51. The first-order chi connectivity index (χ1) is 16.0. The quantitative estimate of drug-likeness (QED) is 0.619. The molecule has 1 amide bonds. The van der Waals surface area contributed by atoms with E-state index in [1.54, 1.807) is 0 Å². The number of ether oxygens (including phenoxy) is 5. The molecule has 2 N–H and O–H groups in total. The van der Waals surface area contributed by atoms with Crippen LogP contribution in [0.4, 0.5) is 0 Å². The maximum atomic E-state index is 12.0. The molecule has 33 heavy (non-hydrogen) atoms. The Morgan fingerprint density at radius 1 is 1.03 bits per heavy atom. The molecule has 0 bridgehead atoms. The highest BCUT2D eigenvalue weighted by atomic mass is 16.8. The molecule has 0 spiro atoms. The van der Waals surface area contributed by atoms with E-state index in [9.17, 15) is 14.7 Å². The Balaban J connectivity index is 1.56. The van der Waals surface area contributed by atoms with Crippen molar-refractivity contribution < 1.29 is 38.4 Å². The molecule has 2 heterocycles. The molecule has 176 valence electrons. The monoisotopic (exact) mass is 457 g/mol. The van der Waals surface area contributed by atoms with E-state index in [4.69, 9.17) is 23.7 Å². The first-order valence-electron chi connectivity index (χ1n) is 10.7. The maximum Gasteiger partial charge on any atom is 0.329 e. The van der Waals surface area contributed by atoms with Crippen LogP contribution in [0.3, 0.4) is 0 Å². The fourth-order valence-corrected chi connectivity index (χ4v) is 4.00. The van der Waals surface area contributed by atoms with Gasteiger partial charge in [-0.25, -0.2) is 4.79 Å². The number of carbonyl (C=O) groups excluding carboxylic acids is 1. The lowest BCUT2D eigenvalue weighted by Crippen LogP contribution is -2.67. The van der Waals surface area contributed by atoms with Gasteiger partial charge in [-0.15, -0.1) is 0 Å². The van der Waals surface area contributed by atoms with Crippen LogP contribution in [0.2, 0.25) is 0 Å². The minimum atomic E-state index is -1.13. The average Bonchev–Trinajstić information content (AvgIpc) is 2.82. The summed E-state index contributed by atoms with van der Waals surface area (Å²) in [6, 6.07) is 18.1. The van der Waals surface area contributed by atoms with Crippen LogP contribution >= 0.6 is 0 Å². The highest BCUT2D eigenvalue weighted by Crippen LogP contribution is 2.35. The lowest BCUT2D eigenvalue weighted by molar-refractivity contribution is -0.349. The van der Waals surface area contributed by atoms with E-state index in [0.29, 0.717) is 0 Å². The average molecular weight is 457 g/mol. The van der Waals surface area contributed by atoms with Crippen molar-refractivity contribution in [3.8, 4) is 0 Å². The van der Waals surface area contributed by atoms with Crippen LogP contribution < -0.4 is 5.32 Å². The number of rotatable bonds is 8. The summed E-state index contributed by atoms with van der Waals surface area (Å²) < 4.78 is 29.9. The summed E-state index contributed by atoms with van der Waals surface area (Å²) in [5.74, 6) is -1.46. The zero-order valence-corrected chi connectivity index (χ0v) is 18.2. The summed E-state index contributed by atoms with van der Waals surface area (Å²) in [7, 11) is 0. The largest absolute Gasteiger partial charge is 0.480 e. The van der Waals surface area contributed by atoms with Gasteiger partial charge in [-0.1, -0.05) is 60.7 Å². The smallest absolute Gasteiger partial charge is 0.329 e. The number of carbonyl (C=O) groups is 2. The van der Waals surface area contributed by atoms with Crippen molar-refractivity contribution in [2.24, 2.45) is 0 Å². The van der Waals surface area contributed by atoms with E-state index in [0.717, 1.165) is 11.1 Å². The van der Waals surface area contributed by atoms with Crippen molar-refractivity contribution in [3.63, 3.8) is 0 Å². The first kappa shape index (κ1) is 23.3. The molecule has 0 saturated carbocycles. The fourth-order valence-electron chi connectivity index (χ4n) is 4.00. The minimum Gasteiger partial charge on any atom is -0.480 e. The fraction of sp³-hybridized carbons (Fsp3) is 0.417. The van der Waals surface area contributed by atoms with Gasteiger partial charge in [0.25, 0.3) is 0 Å². The summed E-state index contributed by atoms with van der Waals surface area (Å²) in [5, 5.41) is 12.0. The van der Waals surface area contributed by atoms with E-state index < -0.39 is 49.5 Å². The van der Waals surface area contributed by atoms with Crippen LogP contribution in [0.15, 0.2) is 60.7 Å². The Morgan fingerprint density at radius 2 is 1.73 bits per heavy atom. The van der Waals surface area contributed by atoms with Gasteiger partial charge in [-0.05, 0) is 5.56 Å². The predicted octanol–water partition coefficient (Wildman–Crippen LogP) is 2.02. The van der Waals surface area contributed by atoms with Crippen molar-refractivity contribution in [2.75, 3.05) is 13.2 Å². The van der Waals surface area contributed by atoms with Crippen molar-refractivity contribution in [3.05, 3.63) is 71.8 Å². The van der Waals surface area contributed by atoms with Gasteiger partial charge >= 0.3 is 5.97 Å². The van der Waals surface area contributed by atoms with Crippen molar-refractivity contribution >= 4 is 11.9 Å². The molecular formula is C24H27NO8. The van der Waals surface area contributed by atoms with Gasteiger partial charge in [0.05, 0.1) is 13.2 Å². The summed E-state index contributed by atoms with van der Waals surface area (Å²) in [5.41, 5.74) is 1.74. The van der Waals surface area contributed by atoms with Gasteiger partial charge in [0.15, 0.2) is 12.6 Å². The van der Waals surface area contributed by atoms with Crippen LogP contribution in [0.5, 0.6) is 0 Å². The Morgan fingerprint density at radius 3 is 2.39 bits per heavy atom. The van der Waals surface area contributed by atoms with E-state index in [-0.39, 0.29) is 19.1 Å². The van der Waals surface area contributed by atoms with Gasteiger partial charge in [0.1, 0.15) is 31.0 Å². The number of fused-ring (bicyclic) bond motifs is 1. The van der Waals surface area contributed by atoms with E-state index in [1.807, 2.05) is 60.7 Å². The summed E-state index contributed by atoms with van der Waals surface area (Å²) in [6.07, 6.45) is -3.66. The zero-order valence-electron chi connectivity index (χ0n) is 18.2. The van der Waals surface area contributed by atoms with Crippen molar-refractivity contribution in [2.45, 2.75) is 50.5 Å². The molecule has 2 aromatic rings. The number of amides is 1. The Hall–Kier alpha value is -2.82. The molecule has 2 aliphatic heterocycles. The zero-order chi connectivity index (χ0) is 23.2. The number of hydrogen-bond acceptors (Lipinski definition) is 7. The molecule has 2 saturated heterocycles. The van der Waals surface area contributed by atoms with E-state index >= 15 is 0 Å². The number of nitrogens with one attached hydrogen (secondary N) is 1. The SMILES string of the molecule is CC(=O)N[C@H]1[C@@H](OCc2ccccc2)O[C@@H]2CO[C@H](c3ccccc3)O[C@H]2[C@@H]1OCC(=O)O. The summed E-state index contributed by atoms with van der Waals surface area (Å²) in [6.45, 7) is 1.23. The molecule has 2 fully saturated rings.